The lowest BCUT2D eigenvalue weighted by Crippen LogP contribution is -2.40. The van der Waals surface area contributed by atoms with Crippen molar-refractivity contribution in [3.05, 3.63) is 76.7 Å². The number of carbonyl (C=O) groups is 1. The Hall–Kier alpha value is -4.55. The van der Waals surface area contributed by atoms with Crippen LogP contribution in [0.1, 0.15) is 42.5 Å². The van der Waals surface area contributed by atoms with Gasteiger partial charge in [-0.2, -0.15) is 5.26 Å². The molecule has 3 heterocycles. The normalized spacial score (nSPS) is 15.2. The molecule has 9 nitrogen and oxygen atoms in total. The molecule has 2 aliphatic rings. The van der Waals surface area contributed by atoms with Gasteiger partial charge in [0.05, 0.1) is 40.3 Å². The second kappa shape index (κ2) is 11.4. The molecule has 1 spiro atoms. The molecule has 0 atom stereocenters. The summed E-state index contributed by atoms with van der Waals surface area (Å²) in [6.07, 6.45) is 7.36. The molecule has 2 aromatic heterocycles. The maximum absolute atomic E-state index is 13.0. The van der Waals surface area contributed by atoms with E-state index in [1.165, 1.54) is 26.1 Å². The molecular formula is C32H30ClN5O4. The molecule has 42 heavy (non-hydrogen) atoms. The third-order valence-electron chi connectivity index (χ3n) is 8.20. The van der Waals surface area contributed by atoms with Gasteiger partial charge in [-0.15, -0.1) is 0 Å². The fourth-order valence-electron chi connectivity index (χ4n) is 5.30. The number of pyridine rings is 2. The summed E-state index contributed by atoms with van der Waals surface area (Å²) >= 11 is 6.63. The van der Waals surface area contributed by atoms with Gasteiger partial charge in [0, 0.05) is 43.0 Å². The second-order valence-corrected chi connectivity index (χ2v) is 11.3. The quantitative estimate of drug-likeness (QED) is 0.244. The maximum atomic E-state index is 13.0. The van der Waals surface area contributed by atoms with Crippen molar-refractivity contribution in [2.75, 3.05) is 25.5 Å². The van der Waals surface area contributed by atoms with Gasteiger partial charge >= 0.3 is 6.09 Å². The highest BCUT2D eigenvalue weighted by atomic mass is 35.5. The molecule has 4 aromatic rings. The Labute approximate surface area is 249 Å². The third-order valence-corrected chi connectivity index (χ3v) is 8.52. The van der Waals surface area contributed by atoms with E-state index in [-0.39, 0.29) is 5.75 Å². The van der Waals surface area contributed by atoms with Crippen LogP contribution in [0.15, 0.2) is 54.9 Å². The fourth-order valence-corrected chi connectivity index (χ4v) is 5.52. The number of ether oxygens (including phenoxy) is 3. The number of methoxy groups -OCH3 is 1. The van der Waals surface area contributed by atoms with Crippen LogP contribution in [0.4, 0.5) is 16.2 Å². The largest absolute Gasteiger partial charge is 0.493 e. The van der Waals surface area contributed by atoms with Crippen molar-refractivity contribution < 1.29 is 19.0 Å². The first-order chi connectivity index (χ1) is 20.4. The van der Waals surface area contributed by atoms with Gasteiger partial charge in [0.1, 0.15) is 18.4 Å². The Morgan fingerprint density at radius 3 is 2.62 bits per heavy atom. The molecule has 0 radical (unpaired) electrons. The van der Waals surface area contributed by atoms with Gasteiger partial charge in [0.25, 0.3) is 0 Å². The van der Waals surface area contributed by atoms with E-state index in [4.69, 9.17) is 25.8 Å². The molecule has 2 aromatic carbocycles. The van der Waals surface area contributed by atoms with Crippen LogP contribution in [-0.4, -0.2) is 41.2 Å². The summed E-state index contributed by atoms with van der Waals surface area (Å²) in [5.41, 5.74) is 4.27. The monoisotopic (exact) mass is 583 g/mol. The lowest BCUT2D eigenvalue weighted by molar-refractivity contribution is 0.126. The number of nitriles is 1. The topological polar surface area (TPSA) is 110 Å². The van der Waals surface area contributed by atoms with Crippen molar-refractivity contribution in [1.29, 1.82) is 5.26 Å². The highest BCUT2D eigenvalue weighted by Gasteiger charge is 2.45. The van der Waals surface area contributed by atoms with Crippen LogP contribution in [-0.2, 0) is 6.61 Å². The summed E-state index contributed by atoms with van der Waals surface area (Å²) in [5, 5.41) is 14.2. The maximum Gasteiger partial charge on any atom is 0.415 e. The fraction of sp³-hybridized carbons (Fsp3) is 0.312. The highest BCUT2D eigenvalue weighted by Crippen LogP contribution is 2.53. The highest BCUT2D eigenvalue weighted by molar-refractivity contribution is 6.33. The second-order valence-electron chi connectivity index (χ2n) is 10.9. The van der Waals surface area contributed by atoms with E-state index in [9.17, 15) is 10.1 Å². The first kappa shape index (κ1) is 27.6. The third kappa shape index (κ3) is 5.63. The van der Waals surface area contributed by atoms with E-state index in [1.807, 2.05) is 19.1 Å². The smallest absolute Gasteiger partial charge is 0.415 e. The zero-order chi connectivity index (χ0) is 29.3. The average Bonchev–Trinajstić information content (AvgIpc) is 3.76. The molecule has 2 fully saturated rings. The summed E-state index contributed by atoms with van der Waals surface area (Å²) in [7, 11) is 1.51. The number of aromatic nitrogens is 2. The number of piperidine rings is 1. The van der Waals surface area contributed by atoms with Crippen LogP contribution in [0.3, 0.4) is 0 Å². The van der Waals surface area contributed by atoms with Crippen LogP contribution < -0.4 is 19.5 Å². The molecule has 1 saturated heterocycles. The molecule has 214 valence electrons. The standard InChI is InChI=1S/C32H30ClN5O4/c1-20-4-3-11-35-27(20)19-41-22-5-6-25(24(33)14-22)37-30-21(17-34)18-36-26-16-29(28(40-2)15-23(26)30)42-31(39)38-12-9-32(7-8-32)10-13-38/h3-6,11,14-16,18H,7-10,12-13,19H2,1-2H3,(H,36,37). The van der Waals surface area contributed by atoms with Crippen LogP contribution in [0, 0.1) is 23.7 Å². The lowest BCUT2D eigenvalue weighted by Gasteiger charge is -2.31. The SMILES string of the molecule is COc1cc2c(Nc3ccc(OCc4ncccc4C)cc3Cl)c(C#N)cnc2cc1OC(=O)N1CCC2(CC1)CC2. The number of nitrogens with zero attached hydrogens (tertiary/aromatic N) is 4. The summed E-state index contributed by atoms with van der Waals surface area (Å²) in [4.78, 5) is 23.5. The Morgan fingerprint density at radius 1 is 1.12 bits per heavy atom. The van der Waals surface area contributed by atoms with Crippen molar-refractivity contribution >= 4 is 40.0 Å². The van der Waals surface area contributed by atoms with Crippen LogP contribution in [0.5, 0.6) is 17.2 Å². The number of anilines is 2. The van der Waals surface area contributed by atoms with Crippen molar-refractivity contribution in [1.82, 2.24) is 14.9 Å². The minimum atomic E-state index is -0.401. The van der Waals surface area contributed by atoms with Gasteiger partial charge in [0.2, 0.25) is 0 Å². The van der Waals surface area contributed by atoms with Gasteiger partial charge in [-0.1, -0.05) is 17.7 Å². The molecular weight excluding hydrogens is 554 g/mol. The molecule has 1 saturated carbocycles. The van der Waals surface area contributed by atoms with E-state index in [0.29, 0.717) is 69.5 Å². The summed E-state index contributed by atoms with van der Waals surface area (Å²) in [6, 6.07) is 14.7. The van der Waals surface area contributed by atoms with Crippen molar-refractivity contribution in [2.45, 2.75) is 39.2 Å². The number of rotatable bonds is 7. The Morgan fingerprint density at radius 2 is 1.93 bits per heavy atom. The van der Waals surface area contributed by atoms with Gasteiger partial charge < -0.3 is 24.4 Å². The molecule has 0 unspecified atom stereocenters. The van der Waals surface area contributed by atoms with E-state index in [2.05, 4.69) is 21.4 Å². The zero-order valence-electron chi connectivity index (χ0n) is 23.4. The first-order valence-corrected chi connectivity index (χ1v) is 14.2. The summed E-state index contributed by atoms with van der Waals surface area (Å²) in [6.45, 7) is 3.69. The number of benzene rings is 2. The number of hydrogen-bond donors (Lipinski definition) is 1. The van der Waals surface area contributed by atoms with E-state index < -0.39 is 6.09 Å². The van der Waals surface area contributed by atoms with Crippen LogP contribution in [0.2, 0.25) is 5.02 Å². The van der Waals surface area contributed by atoms with Gasteiger partial charge in [-0.05, 0) is 67.9 Å². The number of halogens is 1. The number of amides is 1. The van der Waals surface area contributed by atoms with Gasteiger partial charge in [-0.25, -0.2) is 4.79 Å². The minimum Gasteiger partial charge on any atom is -0.493 e. The van der Waals surface area contributed by atoms with E-state index >= 15 is 0 Å². The van der Waals surface area contributed by atoms with Gasteiger partial charge in [-0.3, -0.25) is 9.97 Å². The number of fused-ring (bicyclic) bond motifs is 1. The van der Waals surface area contributed by atoms with Crippen molar-refractivity contribution in [2.24, 2.45) is 5.41 Å². The summed E-state index contributed by atoms with van der Waals surface area (Å²) in [5.74, 6) is 1.21. The number of hydrogen-bond acceptors (Lipinski definition) is 8. The van der Waals surface area contributed by atoms with Crippen molar-refractivity contribution in [3.8, 4) is 23.3 Å². The van der Waals surface area contributed by atoms with Crippen molar-refractivity contribution in [3.63, 3.8) is 0 Å². The van der Waals surface area contributed by atoms with Crippen LogP contribution in [0.25, 0.3) is 10.9 Å². The number of carbonyl (C=O) groups excluding carboxylic acids is 1. The van der Waals surface area contributed by atoms with Gasteiger partial charge in [0.15, 0.2) is 11.5 Å². The molecule has 6 rings (SSSR count). The predicted octanol–water partition coefficient (Wildman–Crippen LogP) is 7.17. The molecule has 1 amide bonds. The molecule has 0 bridgehead atoms. The molecule has 1 aliphatic heterocycles. The average molecular weight is 584 g/mol. The summed E-state index contributed by atoms with van der Waals surface area (Å²) < 4.78 is 17.3. The number of nitrogens with one attached hydrogen (secondary N) is 1. The zero-order valence-corrected chi connectivity index (χ0v) is 24.2. The first-order valence-electron chi connectivity index (χ1n) is 13.9. The lowest BCUT2D eigenvalue weighted by atomic mass is 9.94. The molecule has 10 heteroatoms. The van der Waals surface area contributed by atoms with Crippen LogP contribution >= 0.6 is 11.6 Å². The Bertz CT molecular complexity index is 1710. The molecule has 1 N–H and O–H groups in total. The van der Waals surface area contributed by atoms with E-state index in [0.717, 1.165) is 24.1 Å². The number of likely N-dealkylation sites (tertiary alicyclic amines) is 1. The Kier molecular flexibility index (Phi) is 7.48. The predicted molar refractivity (Wildman–Crippen MR) is 160 cm³/mol. The molecule has 1 aliphatic carbocycles. The minimum absolute atomic E-state index is 0.271. The Balaban J connectivity index is 1.23. The van der Waals surface area contributed by atoms with E-state index in [1.54, 1.807) is 41.4 Å². The number of aryl methyl sites for hydroxylation is 1.